The number of aromatic nitrogens is 6. The van der Waals surface area contributed by atoms with Gasteiger partial charge in [-0.3, -0.25) is 14.7 Å². The van der Waals surface area contributed by atoms with Gasteiger partial charge in [-0.15, -0.1) is 5.10 Å². The number of nitrogens with zero attached hydrogens (tertiary/aromatic N) is 6. The summed E-state index contributed by atoms with van der Waals surface area (Å²) in [5, 5.41) is 13.8. The fourth-order valence-corrected chi connectivity index (χ4v) is 5.20. The monoisotopic (exact) mass is 561 g/mol. The topological polar surface area (TPSA) is 115 Å². The van der Waals surface area contributed by atoms with Gasteiger partial charge in [-0.1, -0.05) is 31.2 Å². The molecule has 0 saturated heterocycles. The van der Waals surface area contributed by atoms with E-state index in [0.29, 0.717) is 36.8 Å². The molecular formula is C32H31N7O3. The highest BCUT2D eigenvalue weighted by Crippen LogP contribution is 2.31. The summed E-state index contributed by atoms with van der Waals surface area (Å²) >= 11 is 0. The SMILES string of the molecule is CCc1ccc2[nH]c(=O)c(C(c3nnnn3Cc3ccco3)N(Cc3ccc(OC)cc3)Cc3cccnc3)cc2c1. The summed E-state index contributed by atoms with van der Waals surface area (Å²) in [5.74, 6) is 2.01. The van der Waals surface area contributed by atoms with Crippen LogP contribution in [0.2, 0.25) is 0 Å². The molecule has 10 nitrogen and oxygen atoms in total. The molecule has 0 spiro atoms. The minimum Gasteiger partial charge on any atom is -0.497 e. The van der Waals surface area contributed by atoms with Crippen molar-refractivity contribution in [3.8, 4) is 5.75 Å². The van der Waals surface area contributed by atoms with E-state index >= 15 is 0 Å². The van der Waals surface area contributed by atoms with Crippen LogP contribution in [-0.4, -0.2) is 42.2 Å². The Labute approximate surface area is 242 Å². The molecule has 6 aromatic rings. The van der Waals surface area contributed by atoms with Crippen LogP contribution < -0.4 is 10.3 Å². The first-order chi connectivity index (χ1) is 20.6. The predicted octanol–water partition coefficient (Wildman–Crippen LogP) is 4.91. The molecule has 6 rings (SSSR count). The Kier molecular flexibility index (Phi) is 7.87. The molecule has 10 heteroatoms. The van der Waals surface area contributed by atoms with Crippen LogP contribution >= 0.6 is 0 Å². The number of hydrogen-bond donors (Lipinski definition) is 1. The highest BCUT2D eigenvalue weighted by molar-refractivity contribution is 5.80. The second-order valence-corrected chi connectivity index (χ2v) is 10.1. The van der Waals surface area contributed by atoms with Gasteiger partial charge >= 0.3 is 0 Å². The maximum absolute atomic E-state index is 13.8. The molecule has 0 aliphatic heterocycles. The molecule has 1 N–H and O–H groups in total. The van der Waals surface area contributed by atoms with Crippen molar-refractivity contribution in [2.24, 2.45) is 0 Å². The van der Waals surface area contributed by atoms with Gasteiger partial charge in [0.1, 0.15) is 24.1 Å². The van der Waals surface area contributed by atoms with Crippen molar-refractivity contribution in [1.29, 1.82) is 0 Å². The molecule has 0 fully saturated rings. The highest BCUT2D eigenvalue weighted by Gasteiger charge is 2.31. The van der Waals surface area contributed by atoms with E-state index in [4.69, 9.17) is 9.15 Å². The van der Waals surface area contributed by atoms with Crippen molar-refractivity contribution in [2.45, 2.75) is 39.0 Å². The minimum atomic E-state index is -0.601. The molecule has 0 radical (unpaired) electrons. The van der Waals surface area contributed by atoms with Gasteiger partial charge in [0.25, 0.3) is 5.56 Å². The number of tetrazole rings is 1. The zero-order valence-electron chi connectivity index (χ0n) is 23.5. The van der Waals surface area contributed by atoms with E-state index in [1.165, 1.54) is 5.56 Å². The Bertz CT molecular complexity index is 1810. The van der Waals surface area contributed by atoms with E-state index in [1.54, 1.807) is 24.3 Å². The lowest BCUT2D eigenvalue weighted by Crippen LogP contribution is -2.35. The van der Waals surface area contributed by atoms with Crippen molar-refractivity contribution in [1.82, 2.24) is 35.1 Å². The molecule has 2 aromatic carbocycles. The largest absolute Gasteiger partial charge is 0.497 e. The van der Waals surface area contributed by atoms with Crippen LogP contribution in [0.3, 0.4) is 0 Å². The molecule has 42 heavy (non-hydrogen) atoms. The highest BCUT2D eigenvalue weighted by atomic mass is 16.5. The fourth-order valence-electron chi connectivity index (χ4n) is 5.20. The molecule has 212 valence electrons. The second kappa shape index (κ2) is 12.2. The normalized spacial score (nSPS) is 12.2. The number of H-pyrrole nitrogens is 1. The van der Waals surface area contributed by atoms with Gasteiger partial charge in [0.2, 0.25) is 0 Å². The van der Waals surface area contributed by atoms with Gasteiger partial charge in [-0.2, -0.15) is 0 Å². The van der Waals surface area contributed by atoms with Crippen LogP contribution in [-0.2, 0) is 26.1 Å². The number of hydrogen-bond acceptors (Lipinski definition) is 8. The molecule has 0 aliphatic carbocycles. The number of methoxy groups -OCH3 is 1. The number of benzene rings is 2. The molecule has 1 atom stereocenters. The molecule has 0 aliphatic rings. The van der Waals surface area contributed by atoms with Gasteiger partial charge in [0, 0.05) is 36.6 Å². The standard InChI is InChI=1S/C32H31N7O3/c1-3-22-10-13-29-25(16-22)17-28(32(40)34-29)30(31-35-36-37-39(31)21-27-7-5-15-42-27)38(20-24-6-4-14-33-18-24)19-23-8-11-26(41-2)12-9-23/h4-18,30H,3,19-21H2,1-2H3,(H,34,40). The number of rotatable bonds is 11. The van der Waals surface area contributed by atoms with Crippen LogP contribution in [0, 0.1) is 0 Å². The molecule has 4 aromatic heterocycles. The van der Waals surface area contributed by atoms with Crippen LogP contribution in [0.15, 0.2) is 101 Å². The number of furan rings is 1. The van der Waals surface area contributed by atoms with Crippen LogP contribution in [0.5, 0.6) is 5.75 Å². The first-order valence-electron chi connectivity index (χ1n) is 13.8. The van der Waals surface area contributed by atoms with Crippen molar-refractivity contribution in [3.05, 3.63) is 136 Å². The van der Waals surface area contributed by atoms with Crippen molar-refractivity contribution < 1.29 is 9.15 Å². The molecule has 0 amide bonds. The molecule has 0 saturated carbocycles. The number of aromatic amines is 1. The smallest absolute Gasteiger partial charge is 0.253 e. The molecule has 0 bridgehead atoms. The van der Waals surface area contributed by atoms with E-state index in [0.717, 1.165) is 34.2 Å². The van der Waals surface area contributed by atoms with Gasteiger partial charge in [0.15, 0.2) is 5.82 Å². The first kappa shape index (κ1) is 27.1. The average Bonchev–Trinajstić information content (AvgIpc) is 3.71. The lowest BCUT2D eigenvalue weighted by molar-refractivity contribution is 0.193. The summed E-state index contributed by atoms with van der Waals surface area (Å²) in [4.78, 5) is 23.5. The lowest BCUT2D eigenvalue weighted by Gasteiger charge is -2.31. The first-order valence-corrected chi connectivity index (χ1v) is 13.8. The Hall–Kier alpha value is -5.09. The summed E-state index contributed by atoms with van der Waals surface area (Å²) in [6.07, 6.45) is 6.09. The van der Waals surface area contributed by atoms with E-state index < -0.39 is 6.04 Å². The average molecular weight is 562 g/mol. The Morgan fingerprint density at radius 2 is 1.83 bits per heavy atom. The Balaban J connectivity index is 1.52. The van der Waals surface area contributed by atoms with Gasteiger partial charge < -0.3 is 14.1 Å². The number of aryl methyl sites for hydroxylation is 1. The zero-order chi connectivity index (χ0) is 28.9. The van der Waals surface area contributed by atoms with E-state index in [2.05, 4.69) is 43.4 Å². The third-order valence-electron chi connectivity index (χ3n) is 7.35. The van der Waals surface area contributed by atoms with Crippen LogP contribution in [0.1, 0.15) is 46.8 Å². The number of pyridine rings is 2. The molecule has 4 heterocycles. The third kappa shape index (κ3) is 5.84. The maximum Gasteiger partial charge on any atom is 0.253 e. The lowest BCUT2D eigenvalue weighted by atomic mass is 10.0. The maximum atomic E-state index is 13.8. The summed E-state index contributed by atoms with van der Waals surface area (Å²) in [6, 6.07) is 23.0. The van der Waals surface area contributed by atoms with Crippen molar-refractivity contribution >= 4 is 10.9 Å². The van der Waals surface area contributed by atoms with Gasteiger partial charge in [-0.25, -0.2) is 4.68 Å². The van der Waals surface area contributed by atoms with Crippen molar-refractivity contribution in [2.75, 3.05) is 7.11 Å². The van der Waals surface area contributed by atoms with Gasteiger partial charge in [0.05, 0.1) is 13.4 Å². The Morgan fingerprint density at radius 3 is 2.57 bits per heavy atom. The molecule has 1 unspecified atom stereocenters. The van der Waals surface area contributed by atoms with Crippen molar-refractivity contribution in [3.63, 3.8) is 0 Å². The summed E-state index contributed by atoms with van der Waals surface area (Å²) in [5.41, 5.74) is 4.35. The zero-order valence-corrected chi connectivity index (χ0v) is 23.5. The quantitative estimate of drug-likeness (QED) is 0.237. The van der Waals surface area contributed by atoms with E-state index in [-0.39, 0.29) is 5.56 Å². The second-order valence-electron chi connectivity index (χ2n) is 10.1. The number of ether oxygens (including phenoxy) is 1. The fraction of sp³-hybridized carbons (Fsp3) is 0.219. The summed E-state index contributed by atoms with van der Waals surface area (Å²) in [7, 11) is 1.65. The summed E-state index contributed by atoms with van der Waals surface area (Å²) in [6.45, 7) is 3.43. The minimum absolute atomic E-state index is 0.199. The van der Waals surface area contributed by atoms with Crippen LogP contribution in [0.25, 0.3) is 10.9 Å². The van der Waals surface area contributed by atoms with E-state index in [9.17, 15) is 4.79 Å². The third-order valence-corrected chi connectivity index (χ3v) is 7.35. The number of nitrogens with one attached hydrogen (secondary N) is 1. The van der Waals surface area contributed by atoms with Crippen LogP contribution in [0.4, 0.5) is 0 Å². The molecular weight excluding hydrogens is 530 g/mol. The Morgan fingerprint density at radius 1 is 1.00 bits per heavy atom. The number of fused-ring (bicyclic) bond motifs is 1. The van der Waals surface area contributed by atoms with E-state index in [1.807, 2.05) is 72.9 Å². The predicted molar refractivity (Wildman–Crippen MR) is 158 cm³/mol. The van der Waals surface area contributed by atoms with Gasteiger partial charge in [-0.05, 0) is 87.5 Å². The summed E-state index contributed by atoms with van der Waals surface area (Å²) < 4.78 is 12.7.